The summed E-state index contributed by atoms with van der Waals surface area (Å²) in [6, 6.07) is 3.01. The number of aromatic amines is 1. The molecule has 0 bridgehead atoms. The minimum Gasteiger partial charge on any atom is -0.387 e. The Kier molecular flexibility index (Phi) is 1.92. The van der Waals surface area contributed by atoms with Crippen LogP contribution in [0.2, 0.25) is 0 Å². The van der Waals surface area contributed by atoms with Gasteiger partial charge in [0.15, 0.2) is 0 Å². The van der Waals surface area contributed by atoms with E-state index in [2.05, 4.69) is 10.2 Å². The van der Waals surface area contributed by atoms with E-state index in [1.54, 1.807) is 12.3 Å². The van der Waals surface area contributed by atoms with Crippen molar-refractivity contribution in [2.45, 2.75) is 6.42 Å². The van der Waals surface area contributed by atoms with Gasteiger partial charge < -0.3 is 5.73 Å². The minimum absolute atomic E-state index is 0.0493. The highest BCUT2D eigenvalue weighted by molar-refractivity contribution is 5.83. The monoisotopic (exact) mass is 192 g/mol. The number of rotatable bonds is 2. The second kappa shape index (κ2) is 3.10. The van der Waals surface area contributed by atoms with Gasteiger partial charge in [-0.3, -0.25) is 10.5 Å². The van der Waals surface area contributed by atoms with Crippen LogP contribution in [0.4, 0.5) is 4.39 Å². The first-order valence-corrected chi connectivity index (χ1v) is 4.11. The molecule has 2 rings (SSSR count). The first-order chi connectivity index (χ1) is 6.66. The summed E-state index contributed by atoms with van der Waals surface area (Å²) in [5.41, 5.74) is 6.28. The van der Waals surface area contributed by atoms with Crippen molar-refractivity contribution in [2.75, 3.05) is 0 Å². The Morgan fingerprint density at radius 2 is 2.36 bits per heavy atom. The van der Waals surface area contributed by atoms with E-state index >= 15 is 0 Å². The minimum atomic E-state index is -0.364. The zero-order valence-corrected chi connectivity index (χ0v) is 7.34. The third kappa shape index (κ3) is 1.44. The highest BCUT2D eigenvalue weighted by Crippen LogP contribution is 2.17. The predicted molar refractivity (Wildman–Crippen MR) is 51.7 cm³/mol. The number of aromatic nitrogens is 2. The van der Waals surface area contributed by atoms with E-state index in [4.69, 9.17) is 11.1 Å². The third-order valence-corrected chi connectivity index (χ3v) is 1.99. The van der Waals surface area contributed by atoms with Gasteiger partial charge in [-0.05, 0) is 17.7 Å². The molecule has 0 radical (unpaired) electrons. The molecule has 14 heavy (non-hydrogen) atoms. The summed E-state index contributed by atoms with van der Waals surface area (Å²) < 4.78 is 13.4. The van der Waals surface area contributed by atoms with E-state index in [-0.39, 0.29) is 18.1 Å². The Morgan fingerprint density at radius 1 is 1.57 bits per heavy atom. The second-order valence-corrected chi connectivity index (χ2v) is 3.10. The van der Waals surface area contributed by atoms with Crippen LogP contribution in [0.15, 0.2) is 18.3 Å². The van der Waals surface area contributed by atoms with Gasteiger partial charge in [0.05, 0.1) is 17.5 Å². The number of nitrogens with zero attached hydrogens (tertiary/aromatic N) is 1. The molecule has 72 valence electrons. The number of halogens is 1. The number of fused-ring (bicyclic) bond motifs is 1. The van der Waals surface area contributed by atoms with Crippen LogP contribution < -0.4 is 5.73 Å². The Labute approximate surface area is 79.4 Å². The molecule has 5 heteroatoms. The van der Waals surface area contributed by atoms with Gasteiger partial charge in [0.1, 0.15) is 5.82 Å². The molecular formula is C9H9FN4. The molecule has 4 nitrogen and oxygen atoms in total. The molecule has 4 N–H and O–H groups in total. The summed E-state index contributed by atoms with van der Waals surface area (Å²) in [6.45, 7) is 0. The predicted octanol–water partition coefficient (Wildman–Crippen LogP) is 1.18. The maximum absolute atomic E-state index is 13.4. The first-order valence-electron chi connectivity index (χ1n) is 4.11. The molecule has 1 aromatic carbocycles. The highest BCUT2D eigenvalue weighted by Gasteiger charge is 2.06. The lowest BCUT2D eigenvalue weighted by Crippen LogP contribution is -2.13. The first kappa shape index (κ1) is 8.68. The van der Waals surface area contributed by atoms with Gasteiger partial charge >= 0.3 is 0 Å². The maximum Gasteiger partial charge on any atom is 0.129 e. The van der Waals surface area contributed by atoms with Crippen molar-refractivity contribution < 1.29 is 4.39 Å². The fraction of sp³-hybridized carbons (Fsp3) is 0.111. The SMILES string of the molecule is N=C(N)Cc1cc2cn[nH]c2cc1F. The summed E-state index contributed by atoms with van der Waals surface area (Å²) in [5, 5.41) is 14.4. The lowest BCUT2D eigenvalue weighted by molar-refractivity contribution is 0.617. The van der Waals surface area contributed by atoms with Gasteiger partial charge in [0, 0.05) is 11.8 Å². The molecule has 0 fully saturated rings. The van der Waals surface area contributed by atoms with Gasteiger partial charge in [-0.25, -0.2) is 4.39 Å². The fourth-order valence-electron chi connectivity index (χ4n) is 1.35. The van der Waals surface area contributed by atoms with Gasteiger partial charge in [0.2, 0.25) is 0 Å². The van der Waals surface area contributed by atoms with Crippen molar-refractivity contribution in [1.82, 2.24) is 10.2 Å². The van der Waals surface area contributed by atoms with Crippen molar-refractivity contribution in [3.63, 3.8) is 0 Å². The number of benzene rings is 1. The van der Waals surface area contributed by atoms with Crippen molar-refractivity contribution in [2.24, 2.45) is 5.73 Å². The number of nitrogens with two attached hydrogens (primary N) is 1. The van der Waals surface area contributed by atoms with Crippen molar-refractivity contribution in [3.8, 4) is 0 Å². The van der Waals surface area contributed by atoms with E-state index in [1.165, 1.54) is 6.07 Å². The number of H-pyrrole nitrogens is 1. The topological polar surface area (TPSA) is 78.6 Å². The van der Waals surface area contributed by atoms with E-state index in [0.717, 1.165) is 5.39 Å². The fourth-order valence-corrected chi connectivity index (χ4v) is 1.35. The molecular weight excluding hydrogens is 183 g/mol. The maximum atomic E-state index is 13.4. The smallest absolute Gasteiger partial charge is 0.129 e. The molecule has 1 aromatic heterocycles. The average Bonchev–Trinajstić information content (AvgIpc) is 2.51. The van der Waals surface area contributed by atoms with Crippen LogP contribution in [0, 0.1) is 11.2 Å². The van der Waals surface area contributed by atoms with E-state index in [0.29, 0.717) is 11.1 Å². The largest absolute Gasteiger partial charge is 0.387 e. The zero-order chi connectivity index (χ0) is 10.1. The summed E-state index contributed by atoms with van der Waals surface area (Å²) in [5.74, 6) is -0.413. The number of hydrogen-bond acceptors (Lipinski definition) is 2. The summed E-state index contributed by atoms with van der Waals surface area (Å²) >= 11 is 0. The van der Waals surface area contributed by atoms with Crippen LogP contribution in [-0.2, 0) is 6.42 Å². The lowest BCUT2D eigenvalue weighted by atomic mass is 10.1. The molecule has 0 unspecified atom stereocenters. The van der Waals surface area contributed by atoms with Crippen LogP contribution in [0.3, 0.4) is 0 Å². The Hall–Kier alpha value is -1.91. The molecule has 0 aliphatic heterocycles. The second-order valence-electron chi connectivity index (χ2n) is 3.10. The molecule has 0 aliphatic carbocycles. The van der Waals surface area contributed by atoms with Crippen molar-refractivity contribution >= 4 is 16.7 Å². The average molecular weight is 192 g/mol. The van der Waals surface area contributed by atoms with Gasteiger partial charge in [-0.2, -0.15) is 5.10 Å². The molecule has 0 saturated heterocycles. The van der Waals surface area contributed by atoms with Crippen molar-refractivity contribution in [1.29, 1.82) is 5.41 Å². The Balaban J connectivity index is 2.53. The standard InChI is InChI=1S/C9H9FN4/c10-7-3-8-6(4-13-14-8)1-5(7)2-9(11)12/h1,3-4H,2H2,(H3,11,12)(H,13,14). The number of hydrogen-bond donors (Lipinski definition) is 3. The van der Waals surface area contributed by atoms with E-state index < -0.39 is 0 Å². The Morgan fingerprint density at radius 3 is 3.07 bits per heavy atom. The van der Waals surface area contributed by atoms with Crippen LogP contribution in [-0.4, -0.2) is 16.0 Å². The van der Waals surface area contributed by atoms with Gasteiger partial charge in [-0.15, -0.1) is 0 Å². The van der Waals surface area contributed by atoms with Crippen LogP contribution >= 0.6 is 0 Å². The van der Waals surface area contributed by atoms with Crippen LogP contribution in [0.5, 0.6) is 0 Å². The zero-order valence-electron chi connectivity index (χ0n) is 7.34. The van der Waals surface area contributed by atoms with E-state index in [1.807, 2.05) is 0 Å². The molecule has 2 aromatic rings. The van der Waals surface area contributed by atoms with Crippen LogP contribution in [0.1, 0.15) is 5.56 Å². The third-order valence-electron chi connectivity index (χ3n) is 1.99. The molecule has 0 atom stereocenters. The molecule has 0 aliphatic rings. The molecule has 0 amide bonds. The molecule has 0 saturated carbocycles. The summed E-state index contributed by atoms with van der Waals surface area (Å²) in [6.07, 6.45) is 1.74. The summed E-state index contributed by atoms with van der Waals surface area (Å²) in [7, 11) is 0. The van der Waals surface area contributed by atoms with Gasteiger partial charge in [-0.1, -0.05) is 0 Å². The van der Waals surface area contributed by atoms with Gasteiger partial charge in [0.25, 0.3) is 0 Å². The molecule has 0 spiro atoms. The number of nitrogens with one attached hydrogen (secondary N) is 2. The number of amidine groups is 1. The van der Waals surface area contributed by atoms with Crippen molar-refractivity contribution in [3.05, 3.63) is 29.7 Å². The lowest BCUT2D eigenvalue weighted by Gasteiger charge is -2.01. The normalized spacial score (nSPS) is 10.6. The highest BCUT2D eigenvalue weighted by atomic mass is 19.1. The Bertz CT molecular complexity index is 489. The quantitative estimate of drug-likeness (QED) is 0.493. The van der Waals surface area contributed by atoms with Crippen LogP contribution in [0.25, 0.3) is 10.9 Å². The van der Waals surface area contributed by atoms with E-state index in [9.17, 15) is 4.39 Å². The summed E-state index contributed by atoms with van der Waals surface area (Å²) in [4.78, 5) is 0. The molecule has 1 heterocycles.